The Labute approximate surface area is 88.9 Å². The smallest absolute Gasteiger partial charge is 0.243 e. The molecule has 0 saturated carbocycles. The summed E-state index contributed by atoms with van der Waals surface area (Å²) in [6.07, 6.45) is 0. The summed E-state index contributed by atoms with van der Waals surface area (Å²) in [5.74, 6) is 1.05. The van der Waals surface area contributed by atoms with Gasteiger partial charge in [0.15, 0.2) is 0 Å². The highest BCUT2D eigenvalue weighted by atomic mass is 16.5. The molecule has 1 aromatic carbocycles. The van der Waals surface area contributed by atoms with Gasteiger partial charge in [-0.15, -0.1) is 0 Å². The molecule has 0 aliphatic carbocycles. The highest BCUT2D eigenvalue weighted by Gasteiger charge is 2.11. The van der Waals surface area contributed by atoms with Crippen LogP contribution in [0.3, 0.4) is 0 Å². The van der Waals surface area contributed by atoms with Crippen molar-refractivity contribution in [3.05, 3.63) is 30.2 Å². The van der Waals surface area contributed by atoms with Crippen molar-refractivity contribution in [2.24, 2.45) is 5.73 Å². The maximum Gasteiger partial charge on any atom is 0.243 e. The molecular formula is C10H12BN3O. The van der Waals surface area contributed by atoms with E-state index in [1.807, 2.05) is 39.0 Å². The molecule has 0 radical (unpaired) electrons. The van der Waals surface area contributed by atoms with E-state index in [1.54, 1.807) is 0 Å². The van der Waals surface area contributed by atoms with Crippen molar-refractivity contribution in [3.63, 3.8) is 0 Å². The van der Waals surface area contributed by atoms with Gasteiger partial charge in [0.05, 0.1) is 6.04 Å². The molecule has 1 atom stereocenters. The molecule has 0 saturated heterocycles. The lowest BCUT2D eigenvalue weighted by molar-refractivity contribution is 0.362. The standard InChI is InChI=1S/C10H12BN3O/c1-6(12)10-13-9(14-15-10)7-3-2-4-8(11)5-7/h2-6H,11-12H2,1H3/t6-/m0/s1. The van der Waals surface area contributed by atoms with E-state index in [-0.39, 0.29) is 6.04 Å². The van der Waals surface area contributed by atoms with E-state index in [4.69, 9.17) is 10.3 Å². The van der Waals surface area contributed by atoms with Crippen LogP contribution in [-0.4, -0.2) is 18.0 Å². The van der Waals surface area contributed by atoms with E-state index in [0.29, 0.717) is 11.7 Å². The number of benzene rings is 1. The van der Waals surface area contributed by atoms with E-state index in [2.05, 4.69) is 10.1 Å². The Morgan fingerprint density at radius 1 is 1.47 bits per heavy atom. The van der Waals surface area contributed by atoms with Crippen molar-refractivity contribution in [1.29, 1.82) is 0 Å². The molecule has 2 aromatic rings. The largest absolute Gasteiger partial charge is 0.337 e. The molecule has 76 valence electrons. The predicted molar refractivity (Wildman–Crippen MR) is 60.5 cm³/mol. The summed E-state index contributed by atoms with van der Waals surface area (Å²) in [7, 11) is 2.02. The quantitative estimate of drug-likeness (QED) is 0.695. The molecule has 0 aliphatic heterocycles. The van der Waals surface area contributed by atoms with Crippen LogP contribution < -0.4 is 11.2 Å². The second-order valence-electron chi connectivity index (χ2n) is 3.61. The third kappa shape index (κ3) is 2.07. The minimum atomic E-state index is -0.226. The van der Waals surface area contributed by atoms with Gasteiger partial charge in [-0.2, -0.15) is 4.98 Å². The minimum Gasteiger partial charge on any atom is -0.337 e. The van der Waals surface area contributed by atoms with Crippen molar-refractivity contribution in [1.82, 2.24) is 10.1 Å². The Balaban J connectivity index is 2.37. The summed E-state index contributed by atoms with van der Waals surface area (Å²) in [4.78, 5) is 4.22. The molecule has 0 amide bonds. The van der Waals surface area contributed by atoms with Crippen molar-refractivity contribution in [2.75, 3.05) is 0 Å². The number of nitrogens with two attached hydrogens (primary N) is 1. The minimum absolute atomic E-state index is 0.226. The van der Waals surface area contributed by atoms with Gasteiger partial charge >= 0.3 is 0 Å². The number of aromatic nitrogens is 2. The fourth-order valence-corrected chi connectivity index (χ4v) is 1.32. The van der Waals surface area contributed by atoms with E-state index < -0.39 is 0 Å². The monoisotopic (exact) mass is 201 g/mol. The van der Waals surface area contributed by atoms with Crippen LogP contribution >= 0.6 is 0 Å². The van der Waals surface area contributed by atoms with Gasteiger partial charge in [-0.1, -0.05) is 34.9 Å². The van der Waals surface area contributed by atoms with Crippen molar-refractivity contribution in [2.45, 2.75) is 13.0 Å². The molecule has 0 bridgehead atoms. The SMILES string of the molecule is Bc1cccc(-c2noc([C@H](C)N)n2)c1. The summed E-state index contributed by atoms with van der Waals surface area (Å²) in [6.45, 7) is 1.81. The lowest BCUT2D eigenvalue weighted by Crippen LogP contribution is -2.05. The molecule has 1 aromatic heterocycles. The zero-order valence-corrected chi connectivity index (χ0v) is 8.77. The topological polar surface area (TPSA) is 64.9 Å². The van der Waals surface area contributed by atoms with Crippen LogP contribution in [0.1, 0.15) is 18.9 Å². The number of hydrogen-bond acceptors (Lipinski definition) is 4. The van der Waals surface area contributed by atoms with Gasteiger partial charge in [0.2, 0.25) is 11.7 Å². The highest BCUT2D eigenvalue weighted by Crippen LogP contribution is 2.16. The fourth-order valence-electron chi connectivity index (χ4n) is 1.32. The van der Waals surface area contributed by atoms with Crippen LogP contribution in [0.15, 0.2) is 28.8 Å². The molecule has 0 fully saturated rings. The maximum absolute atomic E-state index is 5.64. The maximum atomic E-state index is 5.64. The Morgan fingerprint density at radius 2 is 2.27 bits per heavy atom. The van der Waals surface area contributed by atoms with Crippen LogP contribution in [-0.2, 0) is 0 Å². The van der Waals surface area contributed by atoms with Crippen molar-refractivity contribution in [3.8, 4) is 11.4 Å². The lowest BCUT2D eigenvalue weighted by atomic mass is 9.94. The summed E-state index contributed by atoms with van der Waals surface area (Å²) < 4.78 is 5.03. The van der Waals surface area contributed by atoms with E-state index in [1.165, 1.54) is 5.46 Å². The first-order valence-corrected chi connectivity index (χ1v) is 4.83. The van der Waals surface area contributed by atoms with E-state index in [9.17, 15) is 0 Å². The average Bonchev–Trinajstić information content (AvgIpc) is 2.66. The van der Waals surface area contributed by atoms with Gasteiger partial charge in [-0.3, -0.25) is 0 Å². The molecule has 5 heteroatoms. The third-order valence-corrected chi connectivity index (χ3v) is 2.11. The van der Waals surface area contributed by atoms with Crippen molar-refractivity contribution >= 4 is 13.3 Å². The van der Waals surface area contributed by atoms with Crippen LogP contribution in [0, 0.1) is 0 Å². The van der Waals surface area contributed by atoms with Gasteiger partial charge < -0.3 is 10.3 Å². The first kappa shape index (κ1) is 9.92. The molecule has 2 rings (SSSR count). The van der Waals surface area contributed by atoms with Gasteiger partial charge in [0.1, 0.15) is 7.85 Å². The van der Waals surface area contributed by atoms with Gasteiger partial charge in [-0.05, 0) is 6.92 Å². The Hall–Kier alpha value is -1.62. The number of nitrogens with zero attached hydrogens (tertiary/aromatic N) is 2. The number of hydrogen-bond donors (Lipinski definition) is 1. The summed E-state index contributed by atoms with van der Waals surface area (Å²) in [5.41, 5.74) is 7.75. The zero-order chi connectivity index (χ0) is 10.8. The highest BCUT2D eigenvalue weighted by molar-refractivity contribution is 6.32. The molecule has 15 heavy (non-hydrogen) atoms. The van der Waals surface area contributed by atoms with E-state index in [0.717, 1.165) is 5.56 Å². The van der Waals surface area contributed by atoms with Crippen molar-refractivity contribution < 1.29 is 4.52 Å². The first-order chi connectivity index (χ1) is 7.16. The third-order valence-electron chi connectivity index (χ3n) is 2.11. The Morgan fingerprint density at radius 3 is 2.87 bits per heavy atom. The summed E-state index contributed by atoms with van der Waals surface area (Å²) in [5, 5.41) is 3.88. The molecule has 1 heterocycles. The zero-order valence-electron chi connectivity index (χ0n) is 8.77. The van der Waals surface area contributed by atoms with Crippen LogP contribution in [0.4, 0.5) is 0 Å². The van der Waals surface area contributed by atoms with Crippen LogP contribution in [0.5, 0.6) is 0 Å². The Bertz CT molecular complexity index is 467. The second-order valence-corrected chi connectivity index (χ2v) is 3.61. The normalized spacial score (nSPS) is 12.7. The first-order valence-electron chi connectivity index (χ1n) is 4.83. The predicted octanol–water partition coefficient (Wildman–Crippen LogP) is 0.0147. The summed E-state index contributed by atoms with van der Waals surface area (Å²) in [6, 6.07) is 7.72. The molecular weight excluding hydrogens is 189 g/mol. The molecule has 0 aliphatic rings. The molecule has 0 spiro atoms. The van der Waals surface area contributed by atoms with E-state index >= 15 is 0 Å². The lowest BCUT2D eigenvalue weighted by Gasteiger charge is -1.96. The van der Waals surface area contributed by atoms with Gasteiger partial charge in [-0.25, -0.2) is 0 Å². The second kappa shape index (κ2) is 3.86. The average molecular weight is 201 g/mol. The summed E-state index contributed by atoms with van der Waals surface area (Å²) >= 11 is 0. The molecule has 2 N–H and O–H groups in total. The Kier molecular flexibility index (Phi) is 2.56. The van der Waals surface area contributed by atoms with Gasteiger partial charge in [0.25, 0.3) is 0 Å². The fraction of sp³-hybridized carbons (Fsp3) is 0.200. The van der Waals surface area contributed by atoms with Crippen LogP contribution in [0.2, 0.25) is 0 Å². The van der Waals surface area contributed by atoms with Gasteiger partial charge in [0, 0.05) is 5.56 Å². The van der Waals surface area contributed by atoms with Crippen LogP contribution in [0.25, 0.3) is 11.4 Å². The molecule has 0 unspecified atom stereocenters. The molecule has 4 nitrogen and oxygen atoms in total. The number of rotatable bonds is 2.